The van der Waals surface area contributed by atoms with E-state index in [-0.39, 0.29) is 6.04 Å². The Kier molecular flexibility index (Phi) is 4.10. The zero-order valence-electron chi connectivity index (χ0n) is 10.3. The molecular weight excluding hydrogens is 222 g/mol. The van der Waals surface area contributed by atoms with Crippen LogP contribution in [-0.4, -0.2) is 25.8 Å². The van der Waals surface area contributed by atoms with E-state index in [1.165, 1.54) is 4.31 Å². The van der Waals surface area contributed by atoms with E-state index in [0.29, 0.717) is 4.90 Å². The quantitative estimate of drug-likeness (QED) is 0.811. The van der Waals surface area contributed by atoms with Crippen LogP contribution in [0.25, 0.3) is 0 Å². The highest BCUT2D eigenvalue weighted by Crippen LogP contribution is 2.17. The predicted octanol–water partition coefficient (Wildman–Crippen LogP) is 2.28. The predicted molar refractivity (Wildman–Crippen MR) is 65.9 cm³/mol. The second-order valence-corrected chi connectivity index (χ2v) is 6.11. The van der Waals surface area contributed by atoms with Crippen LogP contribution in [-0.2, 0) is 16.4 Å². The van der Waals surface area contributed by atoms with Gasteiger partial charge >= 0.3 is 0 Å². The Morgan fingerprint density at radius 2 is 1.69 bits per heavy atom. The highest BCUT2D eigenvalue weighted by molar-refractivity contribution is 7.89. The van der Waals surface area contributed by atoms with Crippen molar-refractivity contribution in [2.45, 2.75) is 38.1 Å². The van der Waals surface area contributed by atoms with Crippen LogP contribution >= 0.6 is 0 Å². The number of nitrogens with zero attached hydrogens (tertiary/aromatic N) is 1. The van der Waals surface area contributed by atoms with Crippen LogP contribution < -0.4 is 0 Å². The molecule has 0 atom stereocenters. The molecule has 0 aliphatic carbocycles. The number of benzene rings is 1. The van der Waals surface area contributed by atoms with E-state index in [1.54, 1.807) is 19.2 Å². The monoisotopic (exact) mass is 241 g/mol. The third-order valence-corrected chi connectivity index (χ3v) is 4.78. The van der Waals surface area contributed by atoms with Gasteiger partial charge in [-0.2, -0.15) is 4.31 Å². The minimum Gasteiger partial charge on any atom is -0.207 e. The van der Waals surface area contributed by atoms with Crippen molar-refractivity contribution in [1.29, 1.82) is 0 Å². The summed E-state index contributed by atoms with van der Waals surface area (Å²) in [6, 6.07) is 7.04. The van der Waals surface area contributed by atoms with Gasteiger partial charge in [0.2, 0.25) is 10.0 Å². The second kappa shape index (κ2) is 4.97. The first-order valence-corrected chi connectivity index (χ1v) is 6.90. The topological polar surface area (TPSA) is 37.4 Å². The van der Waals surface area contributed by atoms with Crippen LogP contribution in [0.4, 0.5) is 0 Å². The van der Waals surface area contributed by atoms with E-state index in [9.17, 15) is 8.42 Å². The average molecular weight is 241 g/mol. The molecular formula is C12H19NO2S. The normalized spacial score (nSPS) is 12.4. The third kappa shape index (κ3) is 2.62. The lowest BCUT2D eigenvalue weighted by Crippen LogP contribution is -2.33. The smallest absolute Gasteiger partial charge is 0.207 e. The van der Waals surface area contributed by atoms with Crippen molar-refractivity contribution in [1.82, 2.24) is 4.31 Å². The van der Waals surface area contributed by atoms with Gasteiger partial charge in [-0.05, 0) is 38.0 Å². The fraction of sp³-hybridized carbons (Fsp3) is 0.500. The molecule has 4 heteroatoms. The first-order valence-electron chi connectivity index (χ1n) is 5.46. The molecule has 0 radical (unpaired) electrons. The molecule has 0 saturated carbocycles. The van der Waals surface area contributed by atoms with Gasteiger partial charge in [-0.25, -0.2) is 8.42 Å². The molecule has 1 aromatic carbocycles. The van der Waals surface area contributed by atoms with Gasteiger partial charge < -0.3 is 0 Å². The molecule has 0 aromatic heterocycles. The summed E-state index contributed by atoms with van der Waals surface area (Å²) in [5.41, 5.74) is 1.14. The number of rotatable bonds is 4. The van der Waals surface area contributed by atoms with Gasteiger partial charge in [-0.1, -0.05) is 19.1 Å². The molecule has 0 amide bonds. The molecule has 1 rings (SSSR count). The first kappa shape index (κ1) is 13.2. The first-order chi connectivity index (χ1) is 7.39. The van der Waals surface area contributed by atoms with Gasteiger partial charge in [0, 0.05) is 13.1 Å². The molecule has 0 saturated heterocycles. The lowest BCUT2D eigenvalue weighted by atomic mass is 10.2. The van der Waals surface area contributed by atoms with Gasteiger partial charge in [0.15, 0.2) is 0 Å². The summed E-state index contributed by atoms with van der Waals surface area (Å²) in [6.45, 7) is 5.76. The molecule has 1 aromatic rings. The van der Waals surface area contributed by atoms with E-state index < -0.39 is 10.0 Å². The third-order valence-electron chi connectivity index (χ3n) is 2.74. The van der Waals surface area contributed by atoms with Crippen LogP contribution in [0.1, 0.15) is 26.3 Å². The van der Waals surface area contributed by atoms with Crippen LogP contribution in [0.5, 0.6) is 0 Å². The fourth-order valence-corrected chi connectivity index (χ4v) is 2.71. The summed E-state index contributed by atoms with van der Waals surface area (Å²) in [6.07, 6.45) is 0.917. The van der Waals surface area contributed by atoms with Gasteiger partial charge in [0.25, 0.3) is 0 Å². The summed E-state index contributed by atoms with van der Waals surface area (Å²) in [5.74, 6) is 0. The Bertz CT molecular complexity index is 435. The molecule has 0 unspecified atom stereocenters. The molecule has 3 nitrogen and oxygen atoms in total. The molecule has 90 valence electrons. The van der Waals surface area contributed by atoms with Gasteiger partial charge in [0.05, 0.1) is 4.90 Å². The Morgan fingerprint density at radius 3 is 2.06 bits per heavy atom. The van der Waals surface area contributed by atoms with Crippen LogP contribution in [0.3, 0.4) is 0 Å². The number of sulfonamides is 1. The summed E-state index contributed by atoms with van der Waals surface area (Å²) >= 11 is 0. The molecule has 0 spiro atoms. The van der Waals surface area contributed by atoms with Gasteiger partial charge in [-0.15, -0.1) is 0 Å². The zero-order valence-corrected chi connectivity index (χ0v) is 11.1. The molecule has 16 heavy (non-hydrogen) atoms. The fourth-order valence-electron chi connectivity index (χ4n) is 1.34. The SMILES string of the molecule is CCc1ccc(S(=O)(=O)N(C)C(C)C)cc1. The van der Waals surface area contributed by atoms with Crippen molar-refractivity contribution in [3.05, 3.63) is 29.8 Å². The Hall–Kier alpha value is -0.870. The number of aryl methyl sites for hydroxylation is 1. The lowest BCUT2D eigenvalue weighted by molar-refractivity contribution is 0.410. The molecule has 0 heterocycles. The van der Waals surface area contributed by atoms with Crippen molar-refractivity contribution in [3.63, 3.8) is 0 Å². The zero-order chi connectivity index (χ0) is 12.3. The summed E-state index contributed by atoms with van der Waals surface area (Å²) < 4.78 is 25.6. The standard InChI is InChI=1S/C12H19NO2S/c1-5-11-6-8-12(9-7-11)16(14,15)13(4)10(2)3/h6-10H,5H2,1-4H3. The van der Waals surface area contributed by atoms with Crippen LogP contribution in [0.2, 0.25) is 0 Å². The molecule has 0 aliphatic heterocycles. The van der Waals surface area contributed by atoms with Gasteiger partial charge in [0.1, 0.15) is 0 Å². The Labute approximate surface area is 98.1 Å². The minimum atomic E-state index is -3.33. The number of hydrogen-bond acceptors (Lipinski definition) is 2. The van der Waals surface area contributed by atoms with Crippen molar-refractivity contribution in [3.8, 4) is 0 Å². The minimum absolute atomic E-state index is 0.0316. The maximum atomic E-state index is 12.1. The molecule has 0 fully saturated rings. The Morgan fingerprint density at radius 1 is 1.19 bits per heavy atom. The van der Waals surface area contributed by atoms with Crippen molar-refractivity contribution < 1.29 is 8.42 Å². The van der Waals surface area contributed by atoms with E-state index in [0.717, 1.165) is 12.0 Å². The summed E-state index contributed by atoms with van der Waals surface area (Å²) in [5, 5.41) is 0. The van der Waals surface area contributed by atoms with E-state index >= 15 is 0 Å². The highest BCUT2D eigenvalue weighted by atomic mass is 32.2. The highest BCUT2D eigenvalue weighted by Gasteiger charge is 2.22. The van der Waals surface area contributed by atoms with Crippen molar-refractivity contribution in [2.75, 3.05) is 7.05 Å². The van der Waals surface area contributed by atoms with Crippen molar-refractivity contribution in [2.24, 2.45) is 0 Å². The van der Waals surface area contributed by atoms with Crippen molar-refractivity contribution >= 4 is 10.0 Å². The summed E-state index contributed by atoms with van der Waals surface area (Å²) in [4.78, 5) is 0.362. The number of hydrogen-bond donors (Lipinski definition) is 0. The lowest BCUT2D eigenvalue weighted by Gasteiger charge is -2.20. The second-order valence-electron chi connectivity index (χ2n) is 4.11. The molecule has 0 aliphatic rings. The van der Waals surface area contributed by atoms with Crippen LogP contribution in [0, 0.1) is 0 Å². The maximum Gasteiger partial charge on any atom is 0.243 e. The molecule has 0 bridgehead atoms. The van der Waals surface area contributed by atoms with Crippen LogP contribution in [0.15, 0.2) is 29.2 Å². The molecule has 0 N–H and O–H groups in total. The largest absolute Gasteiger partial charge is 0.243 e. The van der Waals surface area contributed by atoms with E-state index in [1.807, 2.05) is 32.9 Å². The average Bonchev–Trinajstić information content (AvgIpc) is 2.28. The van der Waals surface area contributed by atoms with Gasteiger partial charge in [-0.3, -0.25) is 0 Å². The van der Waals surface area contributed by atoms with E-state index in [2.05, 4.69) is 0 Å². The summed E-state index contributed by atoms with van der Waals surface area (Å²) in [7, 11) is -1.72. The Balaban J connectivity index is 3.08. The maximum absolute atomic E-state index is 12.1. The van der Waals surface area contributed by atoms with E-state index in [4.69, 9.17) is 0 Å².